The van der Waals surface area contributed by atoms with E-state index in [-0.39, 0.29) is 24.3 Å². The number of hydrogen-bond donors (Lipinski definition) is 2. The van der Waals surface area contributed by atoms with Gasteiger partial charge in [0.2, 0.25) is 11.8 Å². The van der Waals surface area contributed by atoms with Gasteiger partial charge >= 0.3 is 5.97 Å². The smallest absolute Gasteiger partial charge is 0.308 e. The Hall–Kier alpha value is -1.59. The Labute approximate surface area is 119 Å². The van der Waals surface area contributed by atoms with Gasteiger partial charge in [0, 0.05) is 20.5 Å². The Morgan fingerprint density at radius 3 is 2.30 bits per heavy atom. The van der Waals surface area contributed by atoms with E-state index in [1.54, 1.807) is 14.0 Å². The van der Waals surface area contributed by atoms with Crippen molar-refractivity contribution in [2.24, 2.45) is 11.8 Å². The number of nitrogens with one attached hydrogen (secondary N) is 1. The van der Waals surface area contributed by atoms with Crippen molar-refractivity contribution in [2.75, 3.05) is 13.6 Å². The van der Waals surface area contributed by atoms with Crippen LogP contribution < -0.4 is 5.32 Å². The van der Waals surface area contributed by atoms with E-state index in [1.807, 2.05) is 0 Å². The lowest BCUT2D eigenvalue weighted by Crippen LogP contribution is -2.51. The first-order chi connectivity index (χ1) is 9.32. The highest BCUT2D eigenvalue weighted by Gasteiger charge is 2.33. The highest BCUT2D eigenvalue weighted by Crippen LogP contribution is 2.28. The molecule has 1 rings (SSSR count). The molecule has 0 bridgehead atoms. The van der Waals surface area contributed by atoms with Gasteiger partial charge in [0.1, 0.15) is 6.04 Å². The number of carbonyl (C=O) groups excluding carboxylic acids is 2. The summed E-state index contributed by atoms with van der Waals surface area (Å²) in [6.45, 7) is 3.11. The van der Waals surface area contributed by atoms with E-state index in [0.29, 0.717) is 0 Å². The first kappa shape index (κ1) is 16.5. The third kappa shape index (κ3) is 4.51. The van der Waals surface area contributed by atoms with E-state index >= 15 is 0 Å². The Bertz CT molecular complexity index is 377. The van der Waals surface area contributed by atoms with Gasteiger partial charge < -0.3 is 15.3 Å². The number of carboxylic acids is 1. The van der Waals surface area contributed by atoms with Gasteiger partial charge in [-0.05, 0) is 18.8 Å². The zero-order valence-corrected chi connectivity index (χ0v) is 12.4. The topological polar surface area (TPSA) is 86.7 Å². The lowest BCUT2D eigenvalue weighted by Gasteiger charge is -2.29. The SMILES string of the molecule is CC(=O)NC(C(=O)N(C)CC(C)C(=O)O)C1CCCC1. The maximum absolute atomic E-state index is 12.4. The molecule has 0 aromatic heterocycles. The minimum atomic E-state index is -0.929. The molecule has 114 valence electrons. The number of hydrogen-bond acceptors (Lipinski definition) is 3. The molecule has 2 amide bonds. The normalized spacial score (nSPS) is 18.4. The predicted octanol–water partition coefficient (Wildman–Crippen LogP) is 0.860. The number of aliphatic carboxylic acids is 1. The highest BCUT2D eigenvalue weighted by atomic mass is 16.4. The number of carboxylic acid groups (broad SMARTS) is 1. The molecule has 2 unspecified atom stereocenters. The summed E-state index contributed by atoms with van der Waals surface area (Å²) >= 11 is 0. The van der Waals surface area contributed by atoms with Crippen molar-refractivity contribution in [1.82, 2.24) is 10.2 Å². The molecule has 0 aliphatic heterocycles. The summed E-state index contributed by atoms with van der Waals surface area (Å²) < 4.78 is 0. The summed E-state index contributed by atoms with van der Waals surface area (Å²) in [5, 5.41) is 11.6. The fourth-order valence-corrected chi connectivity index (χ4v) is 2.71. The van der Waals surface area contributed by atoms with Crippen LogP contribution in [0.4, 0.5) is 0 Å². The van der Waals surface area contributed by atoms with E-state index in [1.165, 1.54) is 11.8 Å². The fraction of sp³-hybridized carbons (Fsp3) is 0.786. The largest absolute Gasteiger partial charge is 0.481 e. The van der Waals surface area contributed by atoms with Crippen LogP contribution >= 0.6 is 0 Å². The van der Waals surface area contributed by atoms with Crippen LogP contribution in [0.5, 0.6) is 0 Å². The fourth-order valence-electron chi connectivity index (χ4n) is 2.71. The van der Waals surface area contributed by atoms with E-state index < -0.39 is 17.9 Å². The molecule has 2 N–H and O–H groups in total. The standard InChI is InChI=1S/C14H24N2O4/c1-9(14(19)20)8-16(3)13(18)12(15-10(2)17)11-6-4-5-7-11/h9,11-12H,4-8H2,1-3H3,(H,15,17)(H,19,20). The van der Waals surface area contributed by atoms with Crippen molar-refractivity contribution in [3.63, 3.8) is 0 Å². The van der Waals surface area contributed by atoms with Gasteiger partial charge in [-0.1, -0.05) is 19.8 Å². The molecular weight excluding hydrogens is 260 g/mol. The summed E-state index contributed by atoms with van der Waals surface area (Å²) in [5.74, 6) is -1.81. The van der Waals surface area contributed by atoms with Crippen LogP contribution in [0.25, 0.3) is 0 Å². The van der Waals surface area contributed by atoms with Crippen molar-refractivity contribution in [1.29, 1.82) is 0 Å². The highest BCUT2D eigenvalue weighted by molar-refractivity contribution is 5.87. The van der Waals surface area contributed by atoms with Crippen molar-refractivity contribution in [3.05, 3.63) is 0 Å². The van der Waals surface area contributed by atoms with Crippen molar-refractivity contribution < 1.29 is 19.5 Å². The third-order valence-corrected chi connectivity index (χ3v) is 3.84. The quantitative estimate of drug-likeness (QED) is 0.757. The summed E-state index contributed by atoms with van der Waals surface area (Å²) in [5.41, 5.74) is 0. The van der Waals surface area contributed by atoms with Crippen LogP contribution in [0, 0.1) is 11.8 Å². The Morgan fingerprint density at radius 2 is 1.85 bits per heavy atom. The number of nitrogens with zero attached hydrogens (tertiary/aromatic N) is 1. The van der Waals surface area contributed by atoms with Crippen LogP contribution in [-0.2, 0) is 14.4 Å². The molecule has 1 saturated carbocycles. The van der Waals surface area contributed by atoms with E-state index in [9.17, 15) is 14.4 Å². The number of carbonyl (C=O) groups is 3. The van der Waals surface area contributed by atoms with Gasteiger partial charge in [-0.3, -0.25) is 14.4 Å². The van der Waals surface area contributed by atoms with Gasteiger partial charge in [0.05, 0.1) is 5.92 Å². The number of rotatable bonds is 6. The summed E-state index contributed by atoms with van der Waals surface area (Å²) in [7, 11) is 1.59. The lowest BCUT2D eigenvalue weighted by atomic mass is 9.96. The average molecular weight is 284 g/mol. The summed E-state index contributed by atoms with van der Waals surface area (Å²) in [6, 6.07) is -0.527. The molecule has 0 radical (unpaired) electrons. The molecule has 2 atom stereocenters. The minimum Gasteiger partial charge on any atom is -0.481 e. The zero-order chi connectivity index (χ0) is 15.3. The molecule has 6 heteroatoms. The van der Waals surface area contributed by atoms with E-state index in [0.717, 1.165) is 25.7 Å². The Morgan fingerprint density at radius 1 is 1.30 bits per heavy atom. The first-order valence-corrected chi connectivity index (χ1v) is 7.07. The second kappa shape index (κ2) is 7.26. The molecule has 0 saturated heterocycles. The monoisotopic (exact) mass is 284 g/mol. The van der Waals surface area contributed by atoms with E-state index in [2.05, 4.69) is 5.32 Å². The lowest BCUT2D eigenvalue weighted by molar-refractivity contribution is -0.144. The zero-order valence-electron chi connectivity index (χ0n) is 12.4. The molecule has 1 fully saturated rings. The van der Waals surface area contributed by atoms with Crippen LogP contribution in [0.1, 0.15) is 39.5 Å². The van der Waals surface area contributed by atoms with Crippen LogP contribution in [0.15, 0.2) is 0 Å². The minimum absolute atomic E-state index is 0.150. The van der Waals surface area contributed by atoms with Crippen LogP contribution in [-0.4, -0.2) is 47.4 Å². The molecule has 20 heavy (non-hydrogen) atoms. The van der Waals surface area contributed by atoms with Gasteiger partial charge in [0.15, 0.2) is 0 Å². The molecular formula is C14H24N2O4. The predicted molar refractivity (Wildman–Crippen MR) is 74.0 cm³/mol. The second-order valence-corrected chi connectivity index (χ2v) is 5.68. The van der Waals surface area contributed by atoms with Gasteiger partial charge in [-0.25, -0.2) is 0 Å². The van der Waals surface area contributed by atoms with E-state index in [4.69, 9.17) is 5.11 Å². The van der Waals surface area contributed by atoms with Gasteiger partial charge in [-0.2, -0.15) is 0 Å². The first-order valence-electron chi connectivity index (χ1n) is 7.07. The molecule has 0 heterocycles. The third-order valence-electron chi connectivity index (χ3n) is 3.84. The second-order valence-electron chi connectivity index (χ2n) is 5.68. The molecule has 0 spiro atoms. The maximum Gasteiger partial charge on any atom is 0.308 e. The molecule has 1 aliphatic carbocycles. The van der Waals surface area contributed by atoms with Gasteiger partial charge in [0.25, 0.3) is 0 Å². The molecule has 0 aromatic rings. The summed E-state index contributed by atoms with van der Waals surface area (Å²) in [4.78, 5) is 36.0. The molecule has 1 aliphatic rings. The Kier molecular flexibility index (Phi) is 5.98. The van der Waals surface area contributed by atoms with Crippen molar-refractivity contribution in [2.45, 2.75) is 45.6 Å². The van der Waals surface area contributed by atoms with Crippen LogP contribution in [0.3, 0.4) is 0 Å². The van der Waals surface area contributed by atoms with Crippen LogP contribution in [0.2, 0.25) is 0 Å². The average Bonchev–Trinajstić information content (AvgIpc) is 2.88. The molecule has 6 nitrogen and oxygen atoms in total. The van der Waals surface area contributed by atoms with Crippen molar-refractivity contribution in [3.8, 4) is 0 Å². The molecule has 0 aromatic carbocycles. The van der Waals surface area contributed by atoms with Crippen molar-refractivity contribution >= 4 is 17.8 Å². The summed E-state index contributed by atoms with van der Waals surface area (Å²) in [6.07, 6.45) is 4.00. The van der Waals surface area contributed by atoms with Gasteiger partial charge in [-0.15, -0.1) is 0 Å². The maximum atomic E-state index is 12.4. The Balaban J connectivity index is 2.70. The number of likely N-dealkylation sites (N-methyl/N-ethyl adjacent to an activating group) is 1. The number of amides is 2.